The van der Waals surface area contributed by atoms with Crippen molar-refractivity contribution >= 4 is 18.2 Å². The van der Waals surface area contributed by atoms with Gasteiger partial charge >= 0.3 is 5.97 Å². The van der Waals surface area contributed by atoms with Gasteiger partial charge in [-0.15, -0.1) is 0 Å². The molecule has 0 saturated carbocycles. The molecule has 0 aromatic carbocycles. The fraction of sp³-hybridized carbons (Fsp3) is 0.500. The van der Waals surface area contributed by atoms with E-state index in [9.17, 15) is 4.79 Å². The fourth-order valence-electron chi connectivity index (χ4n) is 1.05. The van der Waals surface area contributed by atoms with Gasteiger partial charge < -0.3 is 14.3 Å². The van der Waals surface area contributed by atoms with E-state index in [0.717, 1.165) is 5.69 Å². The predicted octanol–water partition coefficient (Wildman–Crippen LogP) is 1.42. The molecule has 1 aromatic rings. The average Bonchev–Trinajstić information content (AvgIpc) is 2.41. The van der Waals surface area contributed by atoms with Gasteiger partial charge in [0.2, 0.25) is 0 Å². The van der Waals surface area contributed by atoms with Crippen molar-refractivity contribution in [3.05, 3.63) is 16.7 Å². The van der Waals surface area contributed by atoms with Crippen molar-refractivity contribution in [1.29, 1.82) is 0 Å². The van der Waals surface area contributed by atoms with Gasteiger partial charge in [-0.2, -0.15) is 0 Å². The number of H-pyrrole nitrogens is 1. The Bertz CT molecular complexity index is 353. The van der Waals surface area contributed by atoms with Crippen LogP contribution in [0.1, 0.15) is 12.1 Å². The van der Waals surface area contributed by atoms with Gasteiger partial charge in [0.25, 0.3) is 0 Å². The molecule has 0 saturated heterocycles. The summed E-state index contributed by atoms with van der Waals surface area (Å²) in [6.45, 7) is 2.49. The van der Waals surface area contributed by atoms with E-state index >= 15 is 0 Å². The van der Waals surface area contributed by atoms with Crippen molar-refractivity contribution in [3.8, 4) is 0 Å². The maximum Gasteiger partial charge on any atom is 0.307 e. The topological polar surface area (TPSA) is 47.0 Å². The minimum atomic E-state index is -0.222. The number of methoxy groups -OCH3 is 1. The zero-order chi connectivity index (χ0) is 9.84. The first-order valence-corrected chi connectivity index (χ1v) is 4.37. The normalized spacial score (nSPS) is 10.0. The van der Waals surface area contributed by atoms with E-state index in [0.29, 0.717) is 17.7 Å². The Morgan fingerprint density at radius 2 is 2.46 bits per heavy atom. The predicted molar refractivity (Wildman–Crippen MR) is 51.0 cm³/mol. The third-order valence-electron chi connectivity index (χ3n) is 1.70. The highest BCUT2D eigenvalue weighted by Gasteiger charge is 2.01. The fourth-order valence-corrected chi connectivity index (χ4v) is 1.35. The van der Waals surface area contributed by atoms with Gasteiger partial charge in [-0.1, -0.05) is 0 Å². The molecule has 0 aliphatic carbocycles. The van der Waals surface area contributed by atoms with Crippen LogP contribution < -0.4 is 0 Å². The molecule has 0 spiro atoms. The average molecular weight is 200 g/mol. The molecule has 0 aliphatic rings. The number of hydrogen-bond acceptors (Lipinski definition) is 3. The summed E-state index contributed by atoms with van der Waals surface area (Å²) >= 11 is 5.02. The van der Waals surface area contributed by atoms with Gasteiger partial charge in [-0.25, -0.2) is 0 Å². The lowest BCUT2D eigenvalue weighted by Crippen LogP contribution is -2.06. The number of hydrogen-bond donors (Lipinski definition) is 1. The minimum absolute atomic E-state index is 0.222. The number of rotatable bonds is 3. The maximum absolute atomic E-state index is 10.8. The van der Waals surface area contributed by atoms with Gasteiger partial charge in [0.1, 0.15) is 0 Å². The van der Waals surface area contributed by atoms with Gasteiger partial charge in [0.05, 0.1) is 13.5 Å². The standard InChI is InChI=1S/C8H12N2O2S/c1-6-5-10(8(13)9-6)4-3-7(11)12-2/h5H,3-4H2,1-2H3,(H,9,13). The van der Waals surface area contributed by atoms with E-state index in [1.807, 2.05) is 17.7 Å². The molecule has 0 fully saturated rings. The van der Waals surface area contributed by atoms with Crippen LogP contribution in [0.4, 0.5) is 0 Å². The van der Waals surface area contributed by atoms with Gasteiger partial charge in [-0.3, -0.25) is 4.79 Å². The summed E-state index contributed by atoms with van der Waals surface area (Å²) in [5.74, 6) is -0.222. The molecule has 1 aromatic heterocycles. The number of carbonyl (C=O) groups is 1. The third-order valence-corrected chi connectivity index (χ3v) is 2.04. The van der Waals surface area contributed by atoms with Crippen LogP contribution in [0, 0.1) is 11.7 Å². The molecule has 1 N–H and O–H groups in total. The Kier molecular flexibility index (Phi) is 3.25. The Morgan fingerprint density at radius 3 is 2.92 bits per heavy atom. The van der Waals surface area contributed by atoms with Crippen molar-refractivity contribution in [3.63, 3.8) is 0 Å². The number of nitrogens with zero attached hydrogens (tertiary/aromatic N) is 1. The number of aryl methyl sites for hydroxylation is 2. The molecule has 1 rings (SSSR count). The summed E-state index contributed by atoms with van der Waals surface area (Å²) in [7, 11) is 1.38. The lowest BCUT2D eigenvalue weighted by Gasteiger charge is -1.99. The molecule has 0 bridgehead atoms. The monoisotopic (exact) mass is 200 g/mol. The molecule has 13 heavy (non-hydrogen) atoms. The molecule has 4 nitrogen and oxygen atoms in total. The van der Waals surface area contributed by atoms with Crippen molar-refractivity contribution < 1.29 is 9.53 Å². The molecular formula is C8H12N2O2S. The van der Waals surface area contributed by atoms with Crippen LogP contribution in [0.15, 0.2) is 6.20 Å². The molecule has 0 aliphatic heterocycles. The third kappa shape index (κ3) is 2.69. The molecule has 72 valence electrons. The van der Waals surface area contributed by atoms with E-state index < -0.39 is 0 Å². The van der Waals surface area contributed by atoms with Crippen LogP contribution in [-0.2, 0) is 16.1 Å². The van der Waals surface area contributed by atoms with Crippen LogP contribution in [0.25, 0.3) is 0 Å². The summed E-state index contributed by atoms with van der Waals surface area (Å²) < 4.78 is 6.98. The quantitative estimate of drug-likeness (QED) is 0.593. The highest BCUT2D eigenvalue weighted by molar-refractivity contribution is 7.71. The first-order valence-electron chi connectivity index (χ1n) is 3.96. The van der Waals surface area contributed by atoms with Gasteiger partial charge in [0.15, 0.2) is 4.77 Å². The van der Waals surface area contributed by atoms with Crippen LogP contribution in [0.2, 0.25) is 0 Å². The Balaban J connectivity index is 2.59. The Hall–Kier alpha value is -1.10. The molecule has 0 atom stereocenters. The molecular weight excluding hydrogens is 188 g/mol. The number of imidazole rings is 1. The highest BCUT2D eigenvalue weighted by atomic mass is 32.1. The van der Waals surface area contributed by atoms with Crippen LogP contribution in [-0.4, -0.2) is 22.6 Å². The number of aromatic amines is 1. The van der Waals surface area contributed by atoms with Crippen LogP contribution >= 0.6 is 12.2 Å². The summed E-state index contributed by atoms with van der Waals surface area (Å²) in [5.41, 5.74) is 0.995. The first kappa shape index (κ1) is 9.98. The second kappa shape index (κ2) is 4.23. The molecule has 0 radical (unpaired) electrons. The van der Waals surface area contributed by atoms with E-state index in [2.05, 4.69) is 9.72 Å². The van der Waals surface area contributed by atoms with Gasteiger partial charge in [-0.05, 0) is 19.1 Å². The van der Waals surface area contributed by atoms with Gasteiger partial charge in [0, 0.05) is 18.4 Å². The first-order chi connectivity index (χ1) is 6.13. The van der Waals surface area contributed by atoms with E-state index in [-0.39, 0.29) is 5.97 Å². The van der Waals surface area contributed by atoms with E-state index in [1.165, 1.54) is 7.11 Å². The molecule has 5 heteroatoms. The number of ether oxygens (including phenoxy) is 1. The summed E-state index contributed by atoms with van der Waals surface area (Å²) in [6.07, 6.45) is 2.23. The van der Waals surface area contributed by atoms with Crippen molar-refractivity contribution in [2.45, 2.75) is 19.9 Å². The Labute approximate surface area is 81.5 Å². The largest absolute Gasteiger partial charge is 0.469 e. The summed E-state index contributed by atoms with van der Waals surface area (Å²) in [5, 5.41) is 0. The van der Waals surface area contributed by atoms with Crippen molar-refractivity contribution in [2.24, 2.45) is 0 Å². The number of nitrogens with one attached hydrogen (secondary N) is 1. The van der Waals surface area contributed by atoms with Crippen LogP contribution in [0.3, 0.4) is 0 Å². The molecule has 0 unspecified atom stereocenters. The summed E-state index contributed by atoms with van der Waals surface area (Å²) in [6, 6.07) is 0. The van der Waals surface area contributed by atoms with Crippen molar-refractivity contribution in [1.82, 2.24) is 9.55 Å². The number of aromatic nitrogens is 2. The SMILES string of the molecule is COC(=O)CCn1cc(C)[nH]c1=S. The highest BCUT2D eigenvalue weighted by Crippen LogP contribution is 1.99. The van der Waals surface area contributed by atoms with Crippen molar-refractivity contribution in [2.75, 3.05) is 7.11 Å². The molecule has 1 heterocycles. The summed E-state index contributed by atoms with van der Waals surface area (Å²) in [4.78, 5) is 13.8. The number of esters is 1. The van der Waals surface area contributed by atoms with E-state index in [4.69, 9.17) is 12.2 Å². The van der Waals surface area contributed by atoms with E-state index in [1.54, 1.807) is 0 Å². The second-order valence-corrected chi connectivity index (χ2v) is 3.15. The Morgan fingerprint density at radius 1 is 1.77 bits per heavy atom. The van der Waals surface area contributed by atoms with Crippen LogP contribution in [0.5, 0.6) is 0 Å². The lowest BCUT2D eigenvalue weighted by atomic mass is 10.4. The zero-order valence-corrected chi connectivity index (χ0v) is 8.48. The smallest absolute Gasteiger partial charge is 0.307 e. The number of carbonyl (C=O) groups excluding carboxylic acids is 1. The minimum Gasteiger partial charge on any atom is -0.469 e. The maximum atomic E-state index is 10.8. The second-order valence-electron chi connectivity index (χ2n) is 2.76. The lowest BCUT2D eigenvalue weighted by molar-refractivity contribution is -0.140. The zero-order valence-electron chi connectivity index (χ0n) is 7.66. The molecule has 0 amide bonds.